The van der Waals surface area contributed by atoms with Crippen LogP contribution in [0.3, 0.4) is 0 Å². The molecule has 0 bridgehead atoms. The van der Waals surface area contributed by atoms with E-state index < -0.39 is 0 Å². The van der Waals surface area contributed by atoms with Crippen molar-refractivity contribution >= 4 is 23.3 Å². The first-order chi connectivity index (χ1) is 10.0. The van der Waals surface area contributed by atoms with Gasteiger partial charge in [-0.1, -0.05) is 24.9 Å². The molecular formula is C16H20ClN3O. The second kappa shape index (κ2) is 6.76. The van der Waals surface area contributed by atoms with Crippen LogP contribution in [0, 0.1) is 0 Å². The van der Waals surface area contributed by atoms with E-state index in [9.17, 15) is 4.79 Å². The van der Waals surface area contributed by atoms with Crippen LogP contribution in [0.5, 0.6) is 0 Å². The van der Waals surface area contributed by atoms with Gasteiger partial charge in [-0.25, -0.2) is 4.98 Å². The van der Waals surface area contributed by atoms with Crippen molar-refractivity contribution in [2.45, 2.75) is 33.1 Å². The van der Waals surface area contributed by atoms with Crippen LogP contribution < -0.4 is 5.32 Å². The van der Waals surface area contributed by atoms with Crippen LogP contribution in [0.1, 0.15) is 32.4 Å². The van der Waals surface area contributed by atoms with E-state index in [0.717, 1.165) is 36.3 Å². The third-order valence-corrected chi connectivity index (χ3v) is 3.63. The zero-order chi connectivity index (χ0) is 15.4. The predicted octanol–water partition coefficient (Wildman–Crippen LogP) is 4.04. The van der Waals surface area contributed by atoms with Crippen LogP contribution in [-0.4, -0.2) is 15.5 Å². The number of carbonyl (C=O) groups is 1. The highest BCUT2D eigenvalue weighted by atomic mass is 35.5. The lowest BCUT2D eigenvalue weighted by atomic mass is 10.2. The fourth-order valence-electron chi connectivity index (χ4n) is 2.29. The summed E-state index contributed by atoms with van der Waals surface area (Å²) < 4.78 is 2.05. The van der Waals surface area contributed by atoms with Crippen molar-refractivity contribution in [3.63, 3.8) is 0 Å². The average molecular weight is 306 g/mol. The smallest absolute Gasteiger partial charge is 0.222 e. The molecule has 2 aromatic rings. The second-order valence-corrected chi connectivity index (χ2v) is 5.52. The number of unbranched alkanes of at least 4 members (excludes halogenated alkanes) is 1. The Kier molecular flexibility index (Phi) is 5.02. The molecule has 5 heteroatoms. The van der Waals surface area contributed by atoms with Crippen molar-refractivity contribution in [3.05, 3.63) is 35.0 Å². The topological polar surface area (TPSA) is 46.9 Å². The van der Waals surface area contributed by atoms with Gasteiger partial charge in [0.05, 0.1) is 5.69 Å². The Balaban J connectivity index is 2.44. The highest BCUT2D eigenvalue weighted by Gasteiger charge is 2.16. The molecule has 0 fully saturated rings. The molecule has 0 unspecified atom stereocenters. The van der Waals surface area contributed by atoms with E-state index in [1.54, 1.807) is 0 Å². The average Bonchev–Trinajstić information content (AvgIpc) is 2.73. The molecule has 1 heterocycles. The Morgan fingerprint density at radius 2 is 2.00 bits per heavy atom. The molecule has 1 aromatic heterocycles. The molecule has 0 saturated heterocycles. The number of hydrogen-bond acceptors (Lipinski definition) is 2. The Morgan fingerprint density at radius 3 is 2.57 bits per heavy atom. The van der Waals surface area contributed by atoms with Crippen molar-refractivity contribution in [1.29, 1.82) is 0 Å². The number of imidazole rings is 1. The Bertz CT molecular complexity index is 632. The molecule has 1 N–H and O–H groups in total. The van der Waals surface area contributed by atoms with Gasteiger partial charge in [0.25, 0.3) is 0 Å². The molecule has 1 amide bonds. The number of carbonyl (C=O) groups excluding carboxylic acids is 1. The maximum Gasteiger partial charge on any atom is 0.222 e. The zero-order valence-electron chi connectivity index (χ0n) is 12.6. The van der Waals surface area contributed by atoms with E-state index in [1.165, 1.54) is 6.92 Å². The first kappa shape index (κ1) is 15.6. The predicted molar refractivity (Wildman–Crippen MR) is 86.6 cm³/mol. The molecule has 4 nitrogen and oxygen atoms in total. The highest BCUT2D eigenvalue weighted by Crippen LogP contribution is 2.26. The summed E-state index contributed by atoms with van der Waals surface area (Å²) in [7, 11) is 1.98. The number of anilines is 1. The molecule has 0 atom stereocenters. The third-order valence-electron chi connectivity index (χ3n) is 3.38. The molecule has 0 aliphatic carbocycles. The van der Waals surface area contributed by atoms with Gasteiger partial charge in [0.1, 0.15) is 5.82 Å². The molecular weight excluding hydrogens is 286 g/mol. The van der Waals surface area contributed by atoms with Gasteiger partial charge in [-0.3, -0.25) is 4.79 Å². The number of benzene rings is 1. The number of aromatic nitrogens is 2. The van der Waals surface area contributed by atoms with E-state index in [2.05, 4.69) is 17.2 Å². The highest BCUT2D eigenvalue weighted by molar-refractivity contribution is 6.30. The summed E-state index contributed by atoms with van der Waals surface area (Å²) in [6, 6.07) is 7.56. The Labute approximate surface area is 130 Å². The SMILES string of the molecule is CCCCc1c(NC(C)=O)nc(-c2ccc(Cl)cc2)n1C. The monoisotopic (exact) mass is 305 g/mol. The molecule has 2 rings (SSSR count). The number of amides is 1. The van der Waals surface area contributed by atoms with Gasteiger partial charge >= 0.3 is 0 Å². The van der Waals surface area contributed by atoms with Crippen molar-refractivity contribution < 1.29 is 4.79 Å². The van der Waals surface area contributed by atoms with Gasteiger partial charge in [-0.15, -0.1) is 0 Å². The summed E-state index contributed by atoms with van der Waals surface area (Å²) in [6.45, 7) is 3.65. The standard InChI is InChI=1S/C16H20ClN3O/c1-4-5-6-14-15(18-11(2)21)19-16(20(14)3)12-7-9-13(17)10-8-12/h7-10H,4-6H2,1-3H3,(H,18,21). The minimum absolute atomic E-state index is 0.103. The van der Waals surface area contributed by atoms with Crippen LogP contribution in [-0.2, 0) is 18.3 Å². The van der Waals surface area contributed by atoms with E-state index in [4.69, 9.17) is 11.6 Å². The summed E-state index contributed by atoms with van der Waals surface area (Å²) in [5, 5.41) is 3.52. The maximum atomic E-state index is 11.4. The lowest BCUT2D eigenvalue weighted by Gasteiger charge is -2.07. The summed E-state index contributed by atoms with van der Waals surface area (Å²) in [5.74, 6) is 1.39. The fraction of sp³-hybridized carbons (Fsp3) is 0.375. The molecule has 21 heavy (non-hydrogen) atoms. The Hall–Kier alpha value is -1.81. The molecule has 0 radical (unpaired) electrons. The summed E-state index contributed by atoms with van der Waals surface area (Å²) in [5.41, 5.74) is 2.04. The number of halogens is 1. The number of rotatable bonds is 5. The van der Waals surface area contributed by atoms with Crippen molar-refractivity contribution in [1.82, 2.24) is 9.55 Å². The van der Waals surface area contributed by atoms with E-state index in [1.807, 2.05) is 35.9 Å². The molecule has 112 valence electrons. The lowest BCUT2D eigenvalue weighted by Crippen LogP contribution is -2.09. The minimum atomic E-state index is -0.103. The molecule has 0 aliphatic heterocycles. The van der Waals surface area contributed by atoms with Crippen molar-refractivity contribution in [2.24, 2.45) is 7.05 Å². The summed E-state index contributed by atoms with van der Waals surface area (Å²) in [6.07, 6.45) is 3.05. The van der Waals surface area contributed by atoms with E-state index in [0.29, 0.717) is 10.8 Å². The summed E-state index contributed by atoms with van der Waals surface area (Å²) in [4.78, 5) is 16.0. The molecule has 0 aliphatic rings. The van der Waals surface area contributed by atoms with Gasteiger partial charge in [0.15, 0.2) is 5.82 Å². The van der Waals surface area contributed by atoms with Crippen LogP contribution in [0.2, 0.25) is 5.02 Å². The van der Waals surface area contributed by atoms with Crippen LogP contribution >= 0.6 is 11.6 Å². The third kappa shape index (κ3) is 3.64. The molecule has 1 aromatic carbocycles. The first-order valence-corrected chi connectivity index (χ1v) is 7.49. The quantitative estimate of drug-likeness (QED) is 0.906. The molecule has 0 spiro atoms. The van der Waals surface area contributed by atoms with Crippen molar-refractivity contribution in [2.75, 3.05) is 5.32 Å². The van der Waals surface area contributed by atoms with E-state index in [-0.39, 0.29) is 5.91 Å². The summed E-state index contributed by atoms with van der Waals surface area (Å²) >= 11 is 5.93. The van der Waals surface area contributed by atoms with Crippen molar-refractivity contribution in [3.8, 4) is 11.4 Å². The van der Waals surface area contributed by atoms with Crippen LogP contribution in [0.15, 0.2) is 24.3 Å². The zero-order valence-corrected chi connectivity index (χ0v) is 13.4. The largest absolute Gasteiger partial charge is 0.329 e. The lowest BCUT2D eigenvalue weighted by molar-refractivity contribution is -0.114. The second-order valence-electron chi connectivity index (χ2n) is 5.08. The molecule has 0 saturated carbocycles. The van der Waals surface area contributed by atoms with Gasteiger partial charge < -0.3 is 9.88 Å². The number of hydrogen-bond donors (Lipinski definition) is 1. The van der Waals surface area contributed by atoms with Gasteiger partial charge in [0.2, 0.25) is 5.91 Å². The van der Waals surface area contributed by atoms with Gasteiger partial charge in [0, 0.05) is 24.6 Å². The normalized spacial score (nSPS) is 10.7. The van der Waals surface area contributed by atoms with Crippen LogP contribution in [0.4, 0.5) is 5.82 Å². The maximum absolute atomic E-state index is 11.4. The fourth-order valence-corrected chi connectivity index (χ4v) is 2.41. The van der Waals surface area contributed by atoms with E-state index >= 15 is 0 Å². The number of nitrogens with one attached hydrogen (secondary N) is 1. The Morgan fingerprint density at radius 1 is 1.33 bits per heavy atom. The van der Waals surface area contributed by atoms with Gasteiger partial charge in [-0.2, -0.15) is 0 Å². The number of nitrogens with zero attached hydrogens (tertiary/aromatic N) is 2. The van der Waals surface area contributed by atoms with Crippen LogP contribution in [0.25, 0.3) is 11.4 Å². The van der Waals surface area contributed by atoms with Gasteiger partial charge in [-0.05, 0) is 37.1 Å². The first-order valence-electron chi connectivity index (χ1n) is 7.12. The minimum Gasteiger partial charge on any atom is -0.329 e.